The van der Waals surface area contributed by atoms with Crippen LogP contribution < -0.4 is 10.9 Å². The van der Waals surface area contributed by atoms with E-state index in [0.717, 1.165) is 0 Å². The first-order valence-electron chi connectivity index (χ1n) is 10.3. The molecule has 2 heterocycles. The summed E-state index contributed by atoms with van der Waals surface area (Å²) in [5, 5.41) is 13.9. The maximum atomic E-state index is 12.9. The SMILES string of the molecule is CC.CC.Cn1c(=O)c(-c2c(Cl)cccc2Cl)cc2cnc(Nc3ccc(O)cc3)nc21. The van der Waals surface area contributed by atoms with Crippen LogP contribution in [0.3, 0.4) is 0 Å². The topological polar surface area (TPSA) is 80.0 Å². The Labute approximate surface area is 197 Å². The summed E-state index contributed by atoms with van der Waals surface area (Å²) in [6.07, 6.45) is 1.62. The van der Waals surface area contributed by atoms with Crippen molar-refractivity contribution in [2.45, 2.75) is 27.7 Å². The first-order chi connectivity index (χ1) is 15.4. The Kier molecular flexibility index (Phi) is 9.05. The first kappa shape index (κ1) is 25.2. The van der Waals surface area contributed by atoms with Gasteiger partial charge in [0.2, 0.25) is 5.95 Å². The van der Waals surface area contributed by atoms with Crippen LogP contribution in [0.15, 0.2) is 59.5 Å². The summed E-state index contributed by atoms with van der Waals surface area (Å²) in [7, 11) is 1.64. The highest BCUT2D eigenvalue weighted by atomic mass is 35.5. The van der Waals surface area contributed by atoms with Crippen molar-refractivity contribution in [1.29, 1.82) is 0 Å². The molecule has 8 heteroatoms. The van der Waals surface area contributed by atoms with Gasteiger partial charge < -0.3 is 10.4 Å². The fourth-order valence-corrected chi connectivity index (χ4v) is 3.52. The molecular formula is C24H26Cl2N4O2. The molecule has 4 aromatic rings. The van der Waals surface area contributed by atoms with Crippen molar-refractivity contribution in [3.8, 4) is 16.9 Å². The van der Waals surface area contributed by atoms with Crippen molar-refractivity contribution >= 4 is 45.9 Å². The van der Waals surface area contributed by atoms with Crippen molar-refractivity contribution in [1.82, 2.24) is 14.5 Å². The van der Waals surface area contributed by atoms with Crippen LogP contribution in [0.2, 0.25) is 10.0 Å². The highest BCUT2D eigenvalue weighted by Crippen LogP contribution is 2.33. The van der Waals surface area contributed by atoms with Gasteiger partial charge in [-0.25, -0.2) is 4.98 Å². The van der Waals surface area contributed by atoms with Gasteiger partial charge in [-0.15, -0.1) is 0 Å². The van der Waals surface area contributed by atoms with Gasteiger partial charge in [-0.05, 0) is 42.5 Å². The zero-order valence-electron chi connectivity index (χ0n) is 18.6. The summed E-state index contributed by atoms with van der Waals surface area (Å²) in [4.78, 5) is 21.7. The molecule has 0 unspecified atom stereocenters. The predicted molar refractivity (Wildman–Crippen MR) is 134 cm³/mol. The molecule has 6 nitrogen and oxygen atoms in total. The van der Waals surface area contributed by atoms with Crippen LogP contribution in [0.5, 0.6) is 5.75 Å². The Hall–Kier alpha value is -3.09. The van der Waals surface area contributed by atoms with Gasteiger partial charge in [0.25, 0.3) is 5.56 Å². The number of benzene rings is 2. The summed E-state index contributed by atoms with van der Waals surface area (Å²) >= 11 is 12.5. The summed E-state index contributed by atoms with van der Waals surface area (Å²) in [5.74, 6) is 0.495. The molecule has 2 N–H and O–H groups in total. The molecule has 4 rings (SSSR count). The second kappa shape index (κ2) is 11.5. The molecule has 2 aromatic heterocycles. The second-order valence-corrected chi connectivity index (χ2v) is 6.98. The van der Waals surface area contributed by atoms with Gasteiger partial charge >= 0.3 is 0 Å². The third-order valence-electron chi connectivity index (χ3n) is 4.30. The predicted octanol–water partition coefficient (Wildman–Crippen LogP) is 6.80. The molecule has 0 amide bonds. The average Bonchev–Trinajstić information content (AvgIpc) is 2.81. The Morgan fingerprint density at radius 2 is 1.56 bits per heavy atom. The van der Waals surface area contributed by atoms with Crippen molar-refractivity contribution in [2.75, 3.05) is 5.32 Å². The highest BCUT2D eigenvalue weighted by Gasteiger charge is 2.16. The standard InChI is InChI=1S/C20H14Cl2N4O2.2C2H6/c1-26-18-11(9-14(19(26)28)17-15(21)3-2-4-16(17)22)10-23-20(25-18)24-12-5-7-13(27)8-6-12;2*1-2/h2-10,27H,1H3,(H,23,24,25);2*1-2H3. The number of aryl methyl sites for hydroxylation is 1. The molecule has 0 aliphatic heterocycles. The molecule has 32 heavy (non-hydrogen) atoms. The van der Waals surface area contributed by atoms with Crippen LogP contribution in [0.4, 0.5) is 11.6 Å². The molecule has 2 aromatic carbocycles. The summed E-state index contributed by atoms with van der Waals surface area (Å²) in [6.45, 7) is 8.00. The first-order valence-corrected chi connectivity index (χ1v) is 11.1. The summed E-state index contributed by atoms with van der Waals surface area (Å²) in [6, 6.07) is 13.3. The van der Waals surface area contributed by atoms with E-state index in [9.17, 15) is 9.90 Å². The van der Waals surface area contributed by atoms with Gasteiger partial charge in [0, 0.05) is 29.9 Å². The number of anilines is 2. The smallest absolute Gasteiger partial charge is 0.259 e. The van der Waals surface area contributed by atoms with E-state index >= 15 is 0 Å². The minimum atomic E-state index is -0.267. The fourth-order valence-electron chi connectivity index (χ4n) is 2.92. The molecule has 0 aliphatic carbocycles. The second-order valence-electron chi connectivity index (χ2n) is 6.16. The number of nitrogens with one attached hydrogen (secondary N) is 1. The van der Waals surface area contributed by atoms with Crippen molar-refractivity contribution < 1.29 is 5.11 Å². The lowest BCUT2D eigenvalue weighted by Crippen LogP contribution is -2.20. The Balaban J connectivity index is 0.000000860. The third-order valence-corrected chi connectivity index (χ3v) is 4.93. The van der Waals surface area contributed by atoms with Gasteiger partial charge in [0.05, 0.1) is 15.6 Å². The van der Waals surface area contributed by atoms with Gasteiger partial charge in [-0.3, -0.25) is 9.36 Å². The number of nitrogens with zero attached hydrogens (tertiary/aromatic N) is 3. The minimum Gasteiger partial charge on any atom is -0.508 e. The molecular weight excluding hydrogens is 447 g/mol. The van der Waals surface area contributed by atoms with Crippen molar-refractivity contribution in [2.24, 2.45) is 7.05 Å². The Bertz CT molecular complexity index is 1240. The molecule has 0 saturated heterocycles. The lowest BCUT2D eigenvalue weighted by atomic mass is 10.1. The van der Waals surface area contributed by atoms with E-state index in [1.165, 1.54) is 4.57 Å². The van der Waals surface area contributed by atoms with E-state index in [1.807, 2.05) is 27.7 Å². The van der Waals surface area contributed by atoms with Crippen LogP contribution in [0.25, 0.3) is 22.2 Å². The molecule has 0 radical (unpaired) electrons. The van der Waals surface area contributed by atoms with Crippen LogP contribution in [0.1, 0.15) is 27.7 Å². The minimum absolute atomic E-state index is 0.165. The number of aromatic nitrogens is 3. The number of phenols is 1. The zero-order valence-corrected chi connectivity index (χ0v) is 20.2. The summed E-state index contributed by atoms with van der Waals surface area (Å²) < 4.78 is 1.44. The highest BCUT2D eigenvalue weighted by molar-refractivity contribution is 6.39. The number of hydrogen-bond donors (Lipinski definition) is 2. The molecule has 0 bridgehead atoms. The van der Waals surface area contributed by atoms with E-state index in [-0.39, 0.29) is 11.3 Å². The van der Waals surface area contributed by atoms with E-state index in [0.29, 0.717) is 43.8 Å². The zero-order chi connectivity index (χ0) is 23.8. The average molecular weight is 473 g/mol. The maximum absolute atomic E-state index is 12.9. The van der Waals surface area contributed by atoms with Gasteiger partial charge in [-0.1, -0.05) is 57.0 Å². The largest absolute Gasteiger partial charge is 0.508 e. The number of rotatable bonds is 3. The lowest BCUT2D eigenvalue weighted by molar-refractivity contribution is 0.475. The Morgan fingerprint density at radius 3 is 2.16 bits per heavy atom. The monoisotopic (exact) mass is 472 g/mol. The number of phenolic OH excluding ortho intramolecular Hbond substituents is 1. The van der Waals surface area contributed by atoms with Crippen molar-refractivity contribution in [3.63, 3.8) is 0 Å². The molecule has 0 saturated carbocycles. The third kappa shape index (κ3) is 5.39. The quantitative estimate of drug-likeness (QED) is 0.320. The van der Waals surface area contributed by atoms with Crippen LogP contribution in [-0.4, -0.2) is 19.6 Å². The lowest BCUT2D eigenvalue weighted by Gasteiger charge is -2.12. The summed E-state index contributed by atoms with van der Waals surface area (Å²) in [5.41, 5.74) is 1.78. The number of aromatic hydroxyl groups is 1. The Morgan fingerprint density at radius 1 is 0.969 bits per heavy atom. The van der Waals surface area contributed by atoms with E-state index in [4.69, 9.17) is 23.2 Å². The van der Waals surface area contributed by atoms with E-state index in [2.05, 4.69) is 15.3 Å². The fraction of sp³-hybridized carbons (Fsp3) is 0.208. The molecule has 0 fully saturated rings. The molecule has 0 spiro atoms. The van der Waals surface area contributed by atoms with E-state index in [1.54, 1.807) is 61.8 Å². The number of fused-ring (bicyclic) bond motifs is 1. The van der Waals surface area contributed by atoms with Crippen LogP contribution in [-0.2, 0) is 7.05 Å². The van der Waals surface area contributed by atoms with Gasteiger partial charge in [-0.2, -0.15) is 4.98 Å². The molecule has 0 aliphatic rings. The van der Waals surface area contributed by atoms with Gasteiger partial charge in [0.1, 0.15) is 11.4 Å². The van der Waals surface area contributed by atoms with Crippen LogP contribution in [0, 0.1) is 0 Å². The van der Waals surface area contributed by atoms with Gasteiger partial charge in [0.15, 0.2) is 0 Å². The van der Waals surface area contributed by atoms with Crippen LogP contribution >= 0.6 is 23.2 Å². The number of pyridine rings is 1. The molecule has 0 atom stereocenters. The number of halogens is 2. The molecule has 168 valence electrons. The normalized spacial score (nSPS) is 9.97. The van der Waals surface area contributed by atoms with Crippen molar-refractivity contribution in [3.05, 3.63) is 75.1 Å². The van der Waals surface area contributed by atoms with E-state index < -0.39 is 0 Å². The maximum Gasteiger partial charge on any atom is 0.259 e. The number of hydrogen-bond acceptors (Lipinski definition) is 5.